The SMILES string of the molecule is CC1(C)CCC(NCCc2ccc(CSc3cccc4c3CNC4=O)cc2)CC1. The molecule has 2 aliphatic rings. The quantitative estimate of drug-likeness (QED) is 0.609. The molecule has 154 valence electrons. The zero-order chi connectivity index (χ0) is 20.3. The normalized spacial score (nSPS) is 18.5. The van der Waals surface area contributed by atoms with Crippen molar-refractivity contribution in [2.24, 2.45) is 5.41 Å². The fraction of sp³-hybridized carbons (Fsp3) is 0.480. The van der Waals surface area contributed by atoms with Crippen LogP contribution >= 0.6 is 11.8 Å². The second-order valence-corrected chi connectivity index (χ2v) is 10.2. The number of thioether (sulfide) groups is 1. The second-order valence-electron chi connectivity index (χ2n) is 9.21. The predicted molar refractivity (Wildman–Crippen MR) is 121 cm³/mol. The third kappa shape index (κ3) is 5.23. The maximum absolute atomic E-state index is 11.8. The van der Waals surface area contributed by atoms with Gasteiger partial charge in [-0.3, -0.25) is 4.79 Å². The van der Waals surface area contributed by atoms with Crippen LogP contribution in [0.4, 0.5) is 0 Å². The van der Waals surface area contributed by atoms with Crippen LogP contribution in [-0.4, -0.2) is 18.5 Å². The summed E-state index contributed by atoms with van der Waals surface area (Å²) in [5, 5.41) is 6.68. The molecular formula is C25H32N2OS. The van der Waals surface area contributed by atoms with Crippen LogP contribution in [-0.2, 0) is 18.7 Å². The molecule has 0 spiro atoms. The third-order valence-corrected chi connectivity index (χ3v) is 7.58. The van der Waals surface area contributed by atoms with Gasteiger partial charge in [-0.25, -0.2) is 0 Å². The maximum atomic E-state index is 11.8. The summed E-state index contributed by atoms with van der Waals surface area (Å²) in [6.45, 7) is 6.51. The topological polar surface area (TPSA) is 41.1 Å². The summed E-state index contributed by atoms with van der Waals surface area (Å²) in [5.41, 5.74) is 5.25. The van der Waals surface area contributed by atoms with Gasteiger partial charge in [-0.1, -0.05) is 44.2 Å². The van der Waals surface area contributed by atoms with Gasteiger partial charge in [0.1, 0.15) is 0 Å². The van der Waals surface area contributed by atoms with E-state index in [1.54, 1.807) is 0 Å². The van der Waals surface area contributed by atoms with Crippen molar-refractivity contribution in [1.82, 2.24) is 10.6 Å². The maximum Gasteiger partial charge on any atom is 0.251 e. The van der Waals surface area contributed by atoms with Crippen LogP contribution in [0.15, 0.2) is 47.4 Å². The number of carbonyl (C=O) groups excluding carboxylic acids is 1. The second kappa shape index (κ2) is 8.93. The highest BCUT2D eigenvalue weighted by atomic mass is 32.2. The minimum absolute atomic E-state index is 0.0531. The summed E-state index contributed by atoms with van der Waals surface area (Å²) < 4.78 is 0. The van der Waals surface area contributed by atoms with E-state index in [-0.39, 0.29) is 5.91 Å². The fourth-order valence-electron chi connectivity index (χ4n) is 4.35. The molecule has 2 aromatic carbocycles. The number of nitrogens with one attached hydrogen (secondary N) is 2. The van der Waals surface area contributed by atoms with Gasteiger partial charge < -0.3 is 10.6 Å². The van der Waals surface area contributed by atoms with Gasteiger partial charge >= 0.3 is 0 Å². The number of fused-ring (bicyclic) bond motifs is 1. The first kappa shape index (κ1) is 20.5. The lowest BCUT2D eigenvalue weighted by molar-refractivity contribution is 0.0965. The summed E-state index contributed by atoms with van der Waals surface area (Å²) in [5.74, 6) is 0.985. The highest BCUT2D eigenvalue weighted by Gasteiger charge is 2.26. The molecule has 2 aromatic rings. The number of hydrogen-bond acceptors (Lipinski definition) is 3. The molecule has 0 atom stereocenters. The van der Waals surface area contributed by atoms with Gasteiger partial charge in [-0.2, -0.15) is 0 Å². The zero-order valence-electron chi connectivity index (χ0n) is 17.6. The molecule has 0 bridgehead atoms. The van der Waals surface area contributed by atoms with Crippen molar-refractivity contribution in [2.45, 2.75) is 69.2 Å². The molecule has 1 saturated carbocycles. The molecule has 0 radical (unpaired) electrons. The van der Waals surface area contributed by atoms with Crippen molar-refractivity contribution in [3.8, 4) is 0 Å². The first-order valence-electron chi connectivity index (χ1n) is 10.8. The Hall–Kier alpha value is -1.78. The first-order valence-corrected chi connectivity index (χ1v) is 11.8. The Balaban J connectivity index is 1.23. The third-order valence-electron chi connectivity index (χ3n) is 6.41. The number of hydrogen-bond donors (Lipinski definition) is 2. The van der Waals surface area contributed by atoms with Crippen molar-refractivity contribution in [3.63, 3.8) is 0 Å². The van der Waals surface area contributed by atoms with Gasteiger partial charge in [-0.05, 0) is 72.9 Å². The lowest BCUT2D eigenvalue weighted by Crippen LogP contribution is -2.36. The highest BCUT2D eigenvalue weighted by molar-refractivity contribution is 7.98. The van der Waals surface area contributed by atoms with Gasteiger partial charge in [0, 0.05) is 28.8 Å². The molecule has 4 heteroatoms. The van der Waals surface area contributed by atoms with E-state index >= 15 is 0 Å². The Morgan fingerprint density at radius 3 is 2.55 bits per heavy atom. The molecule has 29 heavy (non-hydrogen) atoms. The van der Waals surface area contributed by atoms with Crippen LogP contribution in [0.25, 0.3) is 0 Å². The molecule has 4 rings (SSSR count). The van der Waals surface area contributed by atoms with Gasteiger partial charge in [0.15, 0.2) is 0 Å². The Morgan fingerprint density at radius 2 is 1.79 bits per heavy atom. The molecule has 1 amide bonds. The minimum Gasteiger partial charge on any atom is -0.348 e. The first-order chi connectivity index (χ1) is 14.0. The standard InChI is InChI=1S/C25H32N2OS/c1-25(2)13-10-20(11-14-25)26-15-12-18-6-8-19(9-7-18)17-29-23-5-3-4-21-22(23)16-27-24(21)28/h3-9,20,26H,10-17H2,1-2H3,(H,27,28). The van der Waals surface area contributed by atoms with Crippen molar-refractivity contribution >= 4 is 17.7 Å². The molecule has 1 fully saturated rings. The smallest absolute Gasteiger partial charge is 0.251 e. The fourth-order valence-corrected chi connectivity index (χ4v) is 5.39. The average Bonchev–Trinajstić information content (AvgIpc) is 3.10. The molecule has 1 heterocycles. The van der Waals surface area contributed by atoms with Crippen molar-refractivity contribution < 1.29 is 4.79 Å². The van der Waals surface area contributed by atoms with E-state index in [2.05, 4.69) is 54.8 Å². The zero-order valence-corrected chi connectivity index (χ0v) is 18.4. The molecule has 3 nitrogen and oxygen atoms in total. The molecule has 0 saturated heterocycles. The number of carbonyl (C=O) groups is 1. The lowest BCUT2D eigenvalue weighted by Gasteiger charge is -2.34. The highest BCUT2D eigenvalue weighted by Crippen LogP contribution is 2.35. The van der Waals surface area contributed by atoms with Crippen LogP contribution in [0, 0.1) is 5.41 Å². The molecule has 0 unspecified atom stereocenters. The summed E-state index contributed by atoms with van der Waals surface area (Å²) in [6, 6.07) is 15.7. The summed E-state index contributed by atoms with van der Waals surface area (Å²) in [4.78, 5) is 13.0. The van der Waals surface area contributed by atoms with Crippen LogP contribution in [0.3, 0.4) is 0 Å². The van der Waals surface area contributed by atoms with E-state index in [0.29, 0.717) is 18.0 Å². The number of rotatable bonds is 7. The number of amides is 1. The van der Waals surface area contributed by atoms with E-state index in [1.165, 1.54) is 41.7 Å². The monoisotopic (exact) mass is 408 g/mol. The Labute approximate surface area is 179 Å². The lowest BCUT2D eigenvalue weighted by atomic mass is 9.75. The molecule has 0 aromatic heterocycles. The van der Waals surface area contributed by atoms with E-state index in [4.69, 9.17) is 0 Å². The largest absolute Gasteiger partial charge is 0.348 e. The number of benzene rings is 2. The van der Waals surface area contributed by atoms with Crippen molar-refractivity contribution in [1.29, 1.82) is 0 Å². The molecule has 2 N–H and O–H groups in total. The Bertz CT molecular complexity index is 850. The Morgan fingerprint density at radius 1 is 1.07 bits per heavy atom. The van der Waals surface area contributed by atoms with E-state index in [0.717, 1.165) is 29.8 Å². The summed E-state index contributed by atoms with van der Waals surface area (Å²) >= 11 is 1.82. The van der Waals surface area contributed by atoms with Crippen LogP contribution in [0.1, 0.15) is 66.6 Å². The van der Waals surface area contributed by atoms with Gasteiger partial charge in [0.25, 0.3) is 5.91 Å². The molecular weight excluding hydrogens is 376 g/mol. The van der Waals surface area contributed by atoms with Gasteiger partial charge in [-0.15, -0.1) is 11.8 Å². The van der Waals surface area contributed by atoms with E-state index in [9.17, 15) is 4.79 Å². The predicted octanol–water partition coefficient (Wildman–Crippen LogP) is 5.32. The minimum atomic E-state index is 0.0531. The average molecular weight is 409 g/mol. The van der Waals surface area contributed by atoms with Crippen molar-refractivity contribution in [3.05, 3.63) is 64.7 Å². The van der Waals surface area contributed by atoms with Gasteiger partial charge in [0.2, 0.25) is 0 Å². The Kier molecular flexibility index (Phi) is 6.31. The van der Waals surface area contributed by atoms with Crippen LogP contribution < -0.4 is 10.6 Å². The molecule has 1 aliphatic carbocycles. The van der Waals surface area contributed by atoms with Crippen molar-refractivity contribution in [2.75, 3.05) is 6.54 Å². The van der Waals surface area contributed by atoms with Crippen LogP contribution in [0.5, 0.6) is 0 Å². The molecule has 1 aliphatic heterocycles. The van der Waals surface area contributed by atoms with Gasteiger partial charge in [0.05, 0.1) is 0 Å². The summed E-state index contributed by atoms with van der Waals surface area (Å²) in [7, 11) is 0. The van der Waals surface area contributed by atoms with Crippen LogP contribution in [0.2, 0.25) is 0 Å². The van der Waals surface area contributed by atoms with E-state index in [1.807, 2.05) is 23.9 Å². The van der Waals surface area contributed by atoms with E-state index < -0.39 is 0 Å². The summed E-state index contributed by atoms with van der Waals surface area (Å²) in [6.07, 6.45) is 6.39.